The third-order valence-corrected chi connectivity index (χ3v) is 6.98. The van der Waals surface area contributed by atoms with Crippen LogP contribution in [0.2, 0.25) is 0 Å². The van der Waals surface area contributed by atoms with Crippen LogP contribution in [0.25, 0.3) is 11.1 Å². The van der Waals surface area contributed by atoms with Crippen molar-refractivity contribution >= 4 is 15.9 Å². The Hall–Kier alpha value is -2.39. The second-order valence-electron chi connectivity index (χ2n) is 8.60. The normalized spacial score (nSPS) is 25.9. The van der Waals surface area contributed by atoms with E-state index in [1.54, 1.807) is 17.0 Å². The van der Waals surface area contributed by atoms with Gasteiger partial charge in [-0.15, -0.1) is 0 Å². The molecule has 2 fully saturated rings. The van der Waals surface area contributed by atoms with Crippen molar-refractivity contribution in [1.82, 2.24) is 9.62 Å². The van der Waals surface area contributed by atoms with Crippen LogP contribution in [-0.2, 0) is 20.5 Å². The Balaban J connectivity index is 1.54. The molecule has 1 amide bonds. The quantitative estimate of drug-likeness (QED) is 0.730. The molecule has 32 heavy (non-hydrogen) atoms. The van der Waals surface area contributed by atoms with Gasteiger partial charge in [-0.05, 0) is 42.5 Å². The van der Waals surface area contributed by atoms with Gasteiger partial charge in [-0.2, -0.15) is 0 Å². The zero-order valence-electron chi connectivity index (χ0n) is 17.7. The topological polar surface area (TPSA) is 66.5 Å². The highest BCUT2D eigenvalue weighted by Crippen LogP contribution is 2.58. The minimum Gasteiger partial charge on any atom is -0.342 e. The van der Waals surface area contributed by atoms with E-state index >= 15 is 4.39 Å². The molecule has 2 aliphatic rings. The van der Waals surface area contributed by atoms with Crippen LogP contribution in [0, 0.1) is 17.6 Å². The fraction of sp³-hybridized carbons (Fsp3) is 0.435. The molecule has 1 saturated carbocycles. The maximum absolute atomic E-state index is 15.9. The molecule has 2 aromatic carbocycles. The first-order chi connectivity index (χ1) is 15.1. The summed E-state index contributed by atoms with van der Waals surface area (Å²) in [6, 6.07) is 9.33. The van der Waals surface area contributed by atoms with E-state index in [2.05, 4.69) is 4.72 Å². The molecule has 1 N–H and O–H groups in total. The summed E-state index contributed by atoms with van der Waals surface area (Å²) in [5.41, 5.74) is -2.09. The van der Waals surface area contributed by atoms with E-state index in [0.29, 0.717) is 32.4 Å². The van der Waals surface area contributed by atoms with Gasteiger partial charge in [0.1, 0.15) is 17.3 Å². The van der Waals surface area contributed by atoms with Crippen molar-refractivity contribution in [2.45, 2.75) is 37.4 Å². The predicted molar refractivity (Wildman–Crippen MR) is 115 cm³/mol. The lowest BCUT2D eigenvalue weighted by atomic mass is 9.93. The summed E-state index contributed by atoms with van der Waals surface area (Å²) in [7, 11) is -3.35. The van der Waals surface area contributed by atoms with Gasteiger partial charge in [0.2, 0.25) is 15.9 Å². The standard InChI is InChI=1S/C23H25F3N2O3S/c1-32(30,31)27-15-6-5-12-28(13-11-15)22(29)18-14-23(18,26)17-8-3-2-7-16(17)21-19(24)9-4-10-20(21)25/h2-4,7-10,15,18,27H,5-6,11-14H2,1H3/t15-,18-,23+/m0/s1. The minimum absolute atomic E-state index is 0.0551. The van der Waals surface area contributed by atoms with Gasteiger partial charge >= 0.3 is 0 Å². The molecule has 0 aromatic heterocycles. The number of amides is 1. The number of likely N-dealkylation sites (tertiary alicyclic amines) is 1. The van der Waals surface area contributed by atoms with Gasteiger partial charge in [0, 0.05) is 25.6 Å². The Kier molecular flexibility index (Phi) is 6.06. The van der Waals surface area contributed by atoms with Crippen molar-refractivity contribution in [1.29, 1.82) is 0 Å². The number of halogens is 3. The number of hydrogen-bond donors (Lipinski definition) is 1. The molecule has 3 atom stereocenters. The van der Waals surface area contributed by atoms with Crippen LogP contribution in [-0.4, -0.2) is 44.6 Å². The van der Waals surface area contributed by atoms with Gasteiger partial charge in [0.25, 0.3) is 0 Å². The highest BCUT2D eigenvalue weighted by molar-refractivity contribution is 7.88. The first-order valence-electron chi connectivity index (χ1n) is 10.6. The molecule has 0 unspecified atom stereocenters. The number of nitrogens with zero attached hydrogens (tertiary/aromatic N) is 1. The van der Waals surface area contributed by atoms with Crippen LogP contribution >= 0.6 is 0 Å². The summed E-state index contributed by atoms with van der Waals surface area (Å²) < 4.78 is 70.2. The largest absolute Gasteiger partial charge is 0.342 e. The van der Waals surface area contributed by atoms with Gasteiger partial charge in [-0.25, -0.2) is 26.3 Å². The van der Waals surface area contributed by atoms with E-state index in [0.717, 1.165) is 18.4 Å². The minimum atomic E-state index is -3.35. The lowest BCUT2D eigenvalue weighted by Crippen LogP contribution is -2.37. The van der Waals surface area contributed by atoms with Crippen LogP contribution in [0.5, 0.6) is 0 Å². The van der Waals surface area contributed by atoms with Crippen LogP contribution in [0.4, 0.5) is 13.2 Å². The summed E-state index contributed by atoms with van der Waals surface area (Å²) >= 11 is 0. The van der Waals surface area contributed by atoms with E-state index in [9.17, 15) is 22.0 Å². The number of hydrogen-bond acceptors (Lipinski definition) is 3. The maximum atomic E-state index is 15.9. The Bertz CT molecular complexity index is 1120. The van der Waals surface area contributed by atoms with E-state index < -0.39 is 33.2 Å². The molecule has 0 radical (unpaired) electrons. The van der Waals surface area contributed by atoms with Crippen molar-refractivity contribution in [2.24, 2.45) is 5.92 Å². The average Bonchev–Trinajstić information content (AvgIpc) is 3.46. The van der Waals surface area contributed by atoms with Crippen molar-refractivity contribution in [3.8, 4) is 11.1 Å². The molecule has 1 heterocycles. The fourth-order valence-electron chi connectivity index (χ4n) is 4.60. The second-order valence-corrected chi connectivity index (χ2v) is 10.4. The molecule has 4 rings (SSSR count). The summed E-state index contributed by atoms with van der Waals surface area (Å²) in [4.78, 5) is 14.6. The summed E-state index contributed by atoms with van der Waals surface area (Å²) in [5.74, 6) is -2.86. The molecule has 0 bridgehead atoms. The number of carbonyl (C=O) groups is 1. The SMILES string of the molecule is CS(=O)(=O)N[C@H]1CCCN(C(=O)[C@@H]2C[C@@]2(F)c2ccccc2-c2c(F)cccc2F)CC1. The lowest BCUT2D eigenvalue weighted by Gasteiger charge is -2.22. The van der Waals surface area contributed by atoms with Gasteiger partial charge in [0.15, 0.2) is 0 Å². The molecule has 2 aromatic rings. The van der Waals surface area contributed by atoms with E-state index in [4.69, 9.17) is 0 Å². The number of alkyl halides is 1. The molecule has 9 heteroatoms. The molecule has 172 valence electrons. The molecule has 1 saturated heterocycles. The van der Waals surface area contributed by atoms with Crippen LogP contribution in [0.3, 0.4) is 0 Å². The highest BCUT2D eigenvalue weighted by atomic mass is 32.2. The molecule has 0 spiro atoms. The predicted octanol–water partition coefficient (Wildman–Crippen LogP) is 3.75. The number of sulfonamides is 1. The third-order valence-electron chi connectivity index (χ3n) is 6.22. The van der Waals surface area contributed by atoms with Crippen molar-refractivity contribution in [3.63, 3.8) is 0 Å². The number of carbonyl (C=O) groups excluding carboxylic acids is 1. The molecule has 5 nitrogen and oxygen atoms in total. The lowest BCUT2D eigenvalue weighted by molar-refractivity contribution is -0.133. The Morgan fingerprint density at radius 2 is 1.75 bits per heavy atom. The molecule has 1 aliphatic carbocycles. The van der Waals surface area contributed by atoms with Crippen LogP contribution in [0.1, 0.15) is 31.2 Å². The highest BCUT2D eigenvalue weighted by Gasteiger charge is 2.62. The second kappa shape index (κ2) is 8.51. The number of rotatable bonds is 5. The monoisotopic (exact) mass is 466 g/mol. The van der Waals surface area contributed by atoms with Gasteiger partial charge in [0.05, 0.1) is 17.7 Å². The van der Waals surface area contributed by atoms with E-state index in [-0.39, 0.29) is 35.1 Å². The van der Waals surface area contributed by atoms with E-state index in [1.807, 2.05) is 0 Å². The summed E-state index contributed by atoms with van der Waals surface area (Å²) in [5, 5.41) is 0. The van der Waals surface area contributed by atoms with Crippen molar-refractivity contribution in [3.05, 3.63) is 59.7 Å². The number of nitrogens with one attached hydrogen (secondary N) is 1. The van der Waals surface area contributed by atoms with Crippen molar-refractivity contribution in [2.75, 3.05) is 19.3 Å². The molecular formula is C23H25F3N2O3S. The molecule has 1 aliphatic heterocycles. The van der Waals surface area contributed by atoms with Crippen LogP contribution in [0.15, 0.2) is 42.5 Å². The van der Waals surface area contributed by atoms with E-state index in [1.165, 1.54) is 18.2 Å². The van der Waals surface area contributed by atoms with Gasteiger partial charge in [-0.1, -0.05) is 30.3 Å². The Morgan fingerprint density at radius 3 is 2.44 bits per heavy atom. The Labute approximate surface area is 185 Å². The maximum Gasteiger partial charge on any atom is 0.229 e. The van der Waals surface area contributed by atoms with Crippen molar-refractivity contribution < 1.29 is 26.4 Å². The first-order valence-corrected chi connectivity index (χ1v) is 12.5. The van der Waals surface area contributed by atoms with Crippen LogP contribution < -0.4 is 4.72 Å². The Morgan fingerprint density at radius 1 is 1.06 bits per heavy atom. The molecular weight excluding hydrogens is 441 g/mol. The van der Waals surface area contributed by atoms with Gasteiger partial charge < -0.3 is 4.90 Å². The number of benzene rings is 2. The van der Waals surface area contributed by atoms with Gasteiger partial charge in [-0.3, -0.25) is 4.79 Å². The zero-order chi connectivity index (χ0) is 23.1. The summed E-state index contributed by atoms with van der Waals surface area (Å²) in [6.45, 7) is 0.735. The summed E-state index contributed by atoms with van der Waals surface area (Å²) in [6.07, 6.45) is 2.68. The zero-order valence-corrected chi connectivity index (χ0v) is 18.5. The average molecular weight is 467 g/mol. The smallest absolute Gasteiger partial charge is 0.229 e. The third kappa shape index (κ3) is 4.54. The first kappa shape index (κ1) is 22.8. The fourth-order valence-corrected chi connectivity index (χ4v) is 5.44.